The molecule has 1 rings (SSSR count). The largest absolute Gasteiger partial charge is 0.349 e. The number of hydrogen-bond donors (Lipinski definition) is 2. The third-order valence-electron chi connectivity index (χ3n) is 3.34. The number of amides is 1. The van der Waals surface area contributed by atoms with E-state index in [0.29, 0.717) is 24.8 Å². The van der Waals surface area contributed by atoms with Crippen molar-refractivity contribution in [2.45, 2.75) is 46.6 Å². The average molecular weight is 313 g/mol. The van der Waals surface area contributed by atoms with Crippen LogP contribution >= 0.6 is 12.4 Å². The molecule has 0 aliphatic heterocycles. The van der Waals surface area contributed by atoms with Crippen molar-refractivity contribution in [2.24, 2.45) is 17.6 Å². The molecule has 0 fully saturated rings. The summed E-state index contributed by atoms with van der Waals surface area (Å²) in [5, 5.41) is 3.07. The van der Waals surface area contributed by atoms with Gasteiger partial charge in [-0.3, -0.25) is 4.79 Å². The number of halogens is 1. The maximum atomic E-state index is 11.8. The second-order valence-electron chi connectivity index (χ2n) is 6.17. The van der Waals surface area contributed by atoms with E-state index in [4.69, 9.17) is 5.73 Å². The van der Waals surface area contributed by atoms with Gasteiger partial charge in [0.05, 0.1) is 6.04 Å². The molecule has 120 valence electrons. The molecule has 1 unspecified atom stereocenters. The highest BCUT2D eigenvalue weighted by Gasteiger charge is 2.17. The number of hydrogen-bond acceptors (Lipinski definition) is 2. The molecule has 21 heavy (non-hydrogen) atoms. The number of carbonyl (C=O) groups excluding carboxylic acids is 1. The molecule has 0 heterocycles. The van der Waals surface area contributed by atoms with Crippen molar-refractivity contribution in [3.8, 4) is 0 Å². The molecule has 0 aromatic heterocycles. The van der Waals surface area contributed by atoms with Crippen LogP contribution in [0, 0.1) is 11.8 Å². The summed E-state index contributed by atoms with van der Waals surface area (Å²) in [7, 11) is 0. The van der Waals surface area contributed by atoms with Gasteiger partial charge in [-0.2, -0.15) is 0 Å². The van der Waals surface area contributed by atoms with E-state index in [1.807, 2.05) is 0 Å². The van der Waals surface area contributed by atoms with E-state index < -0.39 is 0 Å². The van der Waals surface area contributed by atoms with Crippen LogP contribution in [0.25, 0.3) is 0 Å². The van der Waals surface area contributed by atoms with E-state index in [0.717, 1.165) is 12.0 Å². The van der Waals surface area contributed by atoms with Crippen molar-refractivity contribution in [1.82, 2.24) is 5.32 Å². The molecule has 0 saturated heterocycles. The van der Waals surface area contributed by atoms with E-state index in [1.165, 1.54) is 5.56 Å². The summed E-state index contributed by atoms with van der Waals surface area (Å²) in [6, 6.07) is 8.65. The Balaban J connectivity index is 0.00000400. The van der Waals surface area contributed by atoms with Crippen LogP contribution in [0.1, 0.15) is 51.3 Å². The van der Waals surface area contributed by atoms with Crippen LogP contribution in [0.5, 0.6) is 0 Å². The topological polar surface area (TPSA) is 55.1 Å². The standard InChI is InChI=1S/C17H28N2O.ClH/c1-12(2)11-14-5-7-15(8-6-14)17(13(3)4)19-16(20)9-10-18;/h5-8,12-13,17H,9-11,18H2,1-4H3,(H,19,20);1H. The number of carbonyl (C=O) groups is 1. The van der Waals surface area contributed by atoms with Gasteiger partial charge in [-0.25, -0.2) is 0 Å². The van der Waals surface area contributed by atoms with Crippen LogP contribution in [0.3, 0.4) is 0 Å². The van der Waals surface area contributed by atoms with Gasteiger partial charge in [0.1, 0.15) is 0 Å². The molecule has 0 aliphatic rings. The second-order valence-corrected chi connectivity index (χ2v) is 6.17. The highest BCUT2D eigenvalue weighted by molar-refractivity contribution is 5.85. The van der Waals surface area contributed by atoms with Crippen molar-refractivity contribution >= 4 is 18.3 Å². The van der Waals surface area contributed by atoms with Crippen molar-refractivity contribution in [3.63, 3.8) is 0 Å². The molecule has 0 radical (unpaired) electrons. The maximum Gasteiger partial charge on any atom is 0.221 e. The molecule has 0 saturated carbocycles. The lowest BCUT2D eigenvalue weighted by molar-refractivity contribution is -0.122. The highest BCUT2D eigenvalue weighted by Crippen LogP contribution is 2.22. The van der Waals surface area contributed by atoms with E-state index in [1.54, 1.807) is 0 Å². The fraction of sp³-hybridized carbons (Fsp3) is 0.588. The van der Waals surface area contributed by atoms with E-state index in [9.17, 15) is 4.79 Å². The minimum Gasteiger partial charge on any atom is -0.349 e. The smallest absolute Gasteiger partial charge is 0.221 e. The minimum absolute atomic E-state index is 0. The van der Waals surface area contributed by atoms with Crippen LogP contribution in [-0.2, 0) is 11.2 Å². The van der Waals surface area contributed by atoms with Gasteiger partial charge < -0.3 is 11.1 Å². The third kappa shape index (κ3) is 6.96. The first kappa shape index (κ1) is 19.9. The van der Waals surface area contributed by atoms with Gasteiger partial charge >= 0.3 is 0 Å². The zero-order chi connectivity index (χ0) is 15.1. The summed E-state index contributed by atoms with van der Waals surface area (Å²) in [4.78, 5) is 11.8. The fourth-order valence-electron chi connectivity index (χ4n) is 2.34. The molecule has 0 spiro atoms. The molecule has 1 aromatic carbocycles. The molecule has 0 bridgehead atoms. The highest BCUT2D eigenvalue weighted by atomic mass is 35.5. The third-order valence-corrected chi connectivity index (χ3v) is 3.34. The SMILES string of the molecule is CC(C)Cc1ccc(C(NC(=O)CCN)C(C)C)cc1.Cl. The summed E-state index contributed by atoms with van der Waals surface area (Å²) < 4.78 is 0. The average Bonchev–Trinajstić information content (AvgIpc) is 2.36. The first-order valence-electron chi connectivity index (χ1n) is 7.52. The summed E-state index contributed by atoms with van der Waals surface area (Å²) in [5.74, 6) is 1.04. The molecule has 1 amide bonds. The lowest BCUT2D eigenvalue weighted by Crippen LogP contribution is -2.32. The van der Waals surface area contributed by atoms with Gasteiger partial charge in [0.15, 0.2) is 0 Å². The normalized spacial score (nSPS) is 12.1. The predicted octanol–water partition coefficient (Wildman–Crippen LogP) is 3.47. The van der Waals surface area contributed by atoms with Crippen molar-refractivity contribution in [2.75, 3.05) is 6.54 Å². The molecular formula is C17H29ClN2O. The first-order chi connectivity index (χ1) is 9.43. The summed E-state index contributed by atoms with van der Waals surface area (Å²) >= 11 is 0. The first-order valence-corrected chi connectivity index (χ1v) is 7.52. The lowest BCUT2D eigenvalue weighted by atomic mass is 9.93. The molecule has 4 heteroatoms. The van der Waals surface area contributed by atoms with Gasteiger partial charge in [0.2, 0.25) is 5.91 Å². The number of rotatable bonds is 7. The molecule has 3 N–H and O–H groups in total. The number of nitrogens with one attached hydrogen (secondary N) is 1. The summed E-state index contributed by atoms with van der Waals surface area (Å²) in [5.41, 5.74) is 7.94. The predicted molar refractivity (Wildman–Crippen MR) is 91.6 cm³/mol. The maximum absolute atomic E-state index is 11.8. The molecule has 0 aliphatic carbocycles. The Bertz CT molecular complexity index is 415. The van der Waals surface area contributed by atoms with Gasteiger partial charge in [-0.05, 0) is 29.4 Å². The second kappa shape index (κ2) is 9.80. The Morgan fingerprint density at radius 3 is 2.14 bits per heavy atom. The number of benzene rings is 1. The Hall–Kier alpha value is -1.06. The summed E-state index contributed by atoms with van der Waals surface area (Å²) in [6.07, 6.45) is 1.47. The van der Waals surface area contributed by atoms with Crippen molar-refractivity contribution in [1.29, 1.82) is 0 Å². The van der Waals surface area contributed by atoms with Crippen LogP contribution < -0.4 is 11.1 Å². The molecular weight excluding hydrogens is 284 g/mol. The van der Waals surface area contributed by atoms with Crippen LogP contribution in [0.4, 0.5) is 0 Å². The Labute approximate surface area is 135 Å². The molecule has 1 aromatic rings. The molecule has 3 nitrogen and oxygen atoms in total. The van der Waals surface area contributed by atoms with Gasteiger partial charge in [0, 0.05) is 13.0 Å². The monoisotopic (exact) mass is 312 g/mol. The quantitative estimate of drug-likeness (QED) is 0.810. The van der Waals surface area contributed by atoms with Crippen molar-refractivity contribution < 1.29 is 4.79 Å². The number of nitrogens with two attached hydrogens (primary N) is 1. The van der Waals surface area contributed by atoms with Gasteiger partial charge in [-0.1, -0.05) is 52.0 Å². The fourth-order valence-corrected chi connectivity index (χ4v) is 2.34. The van der Waals surface area contributed by atoms with Crippen LogP contribution in [-0.4, -0.2) is 12.5 Å². The zero-order valence-electron chi connectivity index (χ0n) is 13.6. The van der Waals surface area contributed by atoms with Crippen molar-refractivity contribution in [3.05, 3.63) is 35.4 Å². The minimum atomic E-state index is 0. The van der Waals surface area contributed by atoms with E-state index in [2.05, 4.69) is 57.3 Å². The summed E-state index contributed by atoms with van der Waals surface area (Å²) in [6.45, 7) is 9.07. The van der Waals surface area contributed by atoms with Gasteiger partial charge in [0.25, 0.3) is 0 Å². The van der Waals surface area contributed by atoms with Gasteiger partial charge in [-0.15, -0.1) is 12.4 Å². The lowest BCUT2D eigenvalue weighted by Gasteiger charge is -2.23. The zero-order valence-corrected chi connectivity index (χ0v) is 14.4. The Morgan fingerprint density at radius 2 is 1.71 bits per heavy atom. The van der Waals surface area contributed by atoms with E-state index in [-0.39, 0.29) is 24.4 Å². The molecule has 1 atom stereocenters. The van der Waals surface area contributed by atoms with Crippen LogP contribution in [0.2, 0.25) is 0 Å². The Morgan fingerprint density at radius 1 is 1.14 bits per heavy atom. The Kier molecular flexibility index (Phi) is 9.31. The van der Waals surface area contributed by atoms with E-state index >= 15 is 0 Å². The van der Waals surface area contributed by atoms with Crippen LogP contribution in [0.15, 0.2) is 24.3 Å².